The molecule has 0 N–H and O–H groups in total. The van der Waals surface area contributed by atoms with Gasteiger partial charge in [-0.1, -0.05) is 103 Å². The molecule has 0 aliphatic carbocycles. The Labute approximate surface area is 217 Å². The van der Waals surface area contributed by atoms with Crippen LogP contribution >= 0.6 is 0 Å². The normalized spacial score (nSPS) is 11.9. The summed E-state index contributed by atoms with van der Waals surface area (Å²) in [5.41, 5.74) is -2.31. The minimum atomic E-state index is -1.90. The highest BCUT2D eigenvalue weighted by atomic mass is 16.1. The Morgan fingerprint density at radius 2 is 0.895 bits per heavy atom. The third-order valence-electron chi connectivity index (χ3n) is 6.25. The van der Waals surface area contributed by atoms with E-state index in [9.17, 15) is 19.2 Å². The molecule has 8 heteroatoms. The number of aliphatic imine (C=N–C) groups is 4. The summed E-state index contributed by atoms with van der Waals surface area (Å²) < 4.78 is 0. The van der Waals surface area contributed by atoms with E-state index < -0.39 is 11.1 Å². The zero-order valence-corrected chi connectivity index (χ0v) is 19.8. The highest BCUT2D eigenvalue weighted by Gasteiger charge is 2.58. The second-order valence-electron chi connectivity index (χ2n) is 8.00. The molecule has 1 atom stereocenters. The van der Waals surface area contributed by atoms with Crippen molar-refractivity contribution in [2.24, 2.45) is 20.0 Å². The number of hydrogen-bond donors (Lipinski definition) is 0. The molecule has 8 nitrogen and oxygen atoms in total. The maximum absolute atomic E-state index is 12.3. The minimum absolute atomic E-state index is 0.0210. The second-order valence-corrected chi connectivity index (χ2v) is 8.00. The standard InChI is InChI=1S/C30H18N4O4/c35-19-31-27-18-10-17-26(28(27)32-20-36)30(34-22-38,25-15-8-3-9-16-25)29(33-21-37,23-11-4-1-5-12-23)24-13-6-2-7-14-24/h1-18H. The van der Waals surface area contributed by atoms with Crippen molar-refractivity contribution in [1.29, 1.82) is 0 Å². The van der Waals surface area contributed by atoms with E-state index in [2.05, 4.69) is 20.0 Å². The monoisotopic (exact) mass is 498 g/mol. The highest BCUT2D eigenvalue weighted by Crippen LogP contribution is 2.57. The van der Waals surface area contributed by atoms with Crippen LogP contribution in [0, 0.1) is 0 Å². The Balaban J connectivity index is 2.39. The Hall–Kier alpha value is -5.60. The SMILES string of the molecule is O=C=Nc1cccc(C(N=C=O)(c2ccccc2)C(N=C=O)(c2ccccc2)c2ccccc2)c1N=C=O. The number of rotatable bonds is 9. The zero-order valence-electron chi connectivity index (χ0n) is 19.8. The fraction of sp³-hybridized carbons (Fsp3) is 0.0667. The zero-order chi connectivity index (χ0) is 26.8. The molecule has 182 valence electrons. The number of benzene rings is 4. The third kappa shape index (κ3) is 4.17. The molecule has 0 fully saturated rings. The summed E-state index contributed by atoms with van der Waals surface area (Å²) >= 11 is 0. The second kappa shape index (κ2) is 11.4. The predicted molar refractivity (Wildman–Crippen MR) is 139 cm³/mol. The fourth-order valence-corrected chi connectivity index (χ4v) is 4.86. The summed E-state index contributed by atoms with van der Waals surface area (Å²) in [6.07, 6.45) is 6.30. The van der Waals surface area contributed by atoms with Gasteiger partial charge in [0, 0.05) is 5.56 Å². The topological polar surface area (TPSA) is 118 Å². The summed E-state index contributed by atoms with van der Waals surface area (Å²) in [7, 11) is 0. The minimum Gasteiger partial charge on any atom is -0.211 e. The largest absolute Gasteiger partial charge is 0.240 e. The van der Waals surface area contributed by atoms with E-state index >= 15 is 0 Å². The van der Waals surface area contributed by atoms with E-state index in [1.165, 1.54) is 18.2 Å². The Morgan fingerprint density at radius 1 is 0.447 bits per heavy atom. The molecule has 0 aliphatic rings. The van der Waals surface area contributed by atoms with Crippen LogP contribution in [0.2, 0.25) is 0 Å². The van der Waals surface area contributed by atoms with Gasteiger partial charge in [-0.3, -0.25) is 0 Å². The lowest BCUT2D eigenvalue weighted by molar-refractivity contribution is 0.326. The Kier molecular flexibility index (Phi) is 7.66. The average Bonchev–Trinajstić information content (AvgIpc) is 2.97. The summed E-state index contributed by atoms with van der Waals surface area (Å²) in [4.78, 5) is 63.8. The Bertz CT molecular complexity index is 1590. The first-order valence-corrected chi connectivity index (χ1v) is 11.3. The first kappa shape index (κ1) is 25.5. The van der Waals surface area contributed by atoms with Crippen molar-refractivity contribution in [3.8, 4) is 0 Å². The Morgan fingerprint density at radius 3 is 1.34 bits per heavy atom. The average molecular weight is 498 g/mol. The maximum atomic E-state index is 12.3. The van der Waals surface area contributed by atoms with Gasteiger partial charge in [-0.25, -0.2) is 19.2 Å². The molecular formula is C30H18N4O4. The van der Waals surface area contributed by atoms with Crippen LogP contribution in [0.1, 0.15) is 22.3 Å². The lowest BCUT2D eigenvalue weighted by atomic mass is 9.62. The first-order chi connectivity index (χ1) is 18.7. The molecule has 0 radical (unpaired) electrons. The summed E-state index contributed by atoms with van der Waals surface area (Å²) in [5, 5.41) is 0. The number of nitrogens with zero attached hydrogens (tertiary/aromatic N) is 4. The van der Waals surface area contributed by atoms with Gasteiger partial charge < -0.3 is 0 Å². The van der Waals surface area contributed by atoms with Crippen molar-refractivity contribution in [1.82, 2.24) is 0 Å². The van der Waals surface area contributed by atoms with Crippen molar-refractivity contribution in [2.45, 2.75) is 11.1 Å². The van der Waals surface area contributed by atoms with Gasteiger partial charge in [0.15, 0.2) is 11.1 Å². The number of hydrogen-bond acceptors (Lipinski definition) is 8. The molecule has 4 aromatic carbocycles. The third-order valence-corrected chi connectivity index (χ3v) is 6.25. The van der Waals surface area contributed by atoms with E-state index in [1.54, 1.807) is 115 Å². The predicted octanol–water partition coefficient (Wildman–Crippen LogP) is 5.48. The van der Waals surface area contributed by atoms with Crippen molar-refractivity contribution >= 4 is 35.7 Å². The molecule has 4 rings (SSSR count). The lowest BCUT2D eigenvalue weighted by Gasteiger charge is -2.45. The van der Waals surface area contributed by atoms with Crippen molar-refractivity contribution in [3.05, 3.63) is 131 Å². The molecule has 4 aromatic rings. The van der Waals surface area contributed by atoms with Gasteiger partial charge >= 0.3 is 0 Å². The van der Waals surface area contributed by atoms with Gasteiger partial charge in [-0.2, -0.15) is 20.0 Å². The van der Waals surface area contributed by atoms with Gasteiger partial charge in [0.25, 0.3) is 0 Å². The van der Waals surface area contributed by atoms with Crippen molar-refractivity contribution in [3.63, 3.8) is 0 Å². The molecule has 0 heterocycles. The summed E-state index contributed by atoms with van der Waals surface area (Å²) in [5.74, 6) is 0. The van der Waals surface area contributed by atoms with Crippen LogP contribution in [0.15, 0.2) is 129 Å². The first-order valence-electron chi connectivity index (χ1n) is 11.3. The van der Waals surface area contributed by atoms with Gasteiger partial charge in [0.05, 0.1) is 0 Å². The molecule has 0 bridgehead atoms. The molecule has 1 unspecified atom stereocenters. The number of carbonyl (C=O) groups excluding carboxylic acids is 4. The van der Waals surface area contributed by atoms with Gasteiger partial charge in [0.2, 0.25) is 24.3 Å². The molecule has 0 amide bonds. The molecular weight excluding hydrogens is 480 g/mol. The molecule has 0 aliphatic heterocycles. The smallest absolute Gasteiger partial charge is 0.211 e. The molecule has 0 spiro atoms. The van der Waals surface area contributed by atoms with Crippen LogP contribution in [0.5, 0.6) is 0 Å². The van der Waals surface area contributed by atoms with Gasteiger partial charge in [-0.15, -0.1) is 0 Å². The van der Waals surface area contributed by atoms with Gasteiger partial charge in [-0.05, 0) is 22.8 Å². The number of para-hydroxylation sites is 1. The molecule has 0 saturated carbocycles. The van der Waals surface area contributed by atoms with Crippen molar-refractivity contribution < 1.29 is 19.2 Å². The van der Waals surface area contributed by atoms with Crippen LogP contribution < -0.4 is 0 Å². The number of isocyanates is 4. The van der Waals surface area contributed by atoms with Crippen molar-refractivity contribution in [2.75, 3.05) is 0 Å². The van der Waals surface area contributed by atoms with Crippen LogP contribution in [0.4, 0.5) is 11.4 Å². The fourth-order valence-electron chi connectivity index (χ4n) is 4.86. The maximum Gasteiger partial charge on any atom is 0.240 e. The lowest BCUT2D eigenvalue weighted by Crippen LogP contribution is -2.49. The van der Waals surface area contributed by atoms with E-state index in [0.717, 1.165) is 0 Å². The van der Waals surface area contributed by atoms with Crippen LogP contribution in [-0.2, 0) is 30.3 Å². The quantitative estimate of drug-likeness (QED) is 0.224. The van der Waals surface area contributed by atoms with E-state index in [-0.39, 0.29) is 16.9 Å². The molecule has 38 heavy (non-hydrogen) atoms. The molecule has 0 aromatic heterocycles. The van der Waals surface area contributed by atoms with E-state index in [1.807, 2.05) is 0 Å². The van der Waals surface area contributed by atoms with Crippen LogP contribution in [0.3, 0.4) is 0 Å². The highest BCUT2D eigenvalue weighted by molar-refractivity contribution is 5.76. The van der Waals surface area contributed by atoms with Crippen LogP contribution in [-0.4, -0.2) is 24.3 Å². The summed E-state index contributed by atoms with van der Waals surface area (Å²) in [6, 6.07) is 30.7. The molecule has 0 saturated heterocycles. The summed E-state index contributed by atoms with van der Waals surface area (Å²) in [6.45, 7) is 0. The van der Waals surface area contributed by atoms with E-state index in [4.69, 9.17) is 0 Å². The van der Waals surface area contributed by atoms with Gasteiger partial charge in [0.1, 0.15) is 11.4 Å². The van der Waals surface area contributed by atoms with E-state index in [0.29, 0.717) is 16.7 Å². The van der Waals surface area contributed by atoms with Crippen LogP contribution in [0.25, 0.3) is 0 Å².